The van der Waals surface area contributed by atoms with Crippen molar-refractivity contribution in [1.82, 2.24) is 4.90 Å². The number of fused-ring (bicyclic) bond motifs is 1. The van der Waals surface area contributed by atoms with Gasteiger partial charge in [-0.3, -0.25) is 4.79 Å². The second-order valence-electron chi connectivity index (χ2n) is 8.77. The molecule has 1 amide bonds. The van der Waals surface area contributed by atoms with E-state index >= 15 is 0 Å². The molecule has 0 spiro atoms. The first-order valence-corrected chi connectivity index (χ1v) is 9.16. The fourth-order valence-electron chi connectivity index (χ4n) is 6.96. The molecule has 6 rings (SSSR count). The lowest BCUT2D eigenvalue weighted by Crippen LogP contribution is -2.51. The van der Waals surface area contributed by atoms with E-state index in [-0.39, 0.29) is 6.10 Å². The van der Waals surface area contributed by atoms with Crippen LogP contribution in [0.5, 0.6) is 0 Å². The molecule has 1 N–H and O–H groups in total. The van der Waals surface area contributed by atoms with Gasteiger partial charge in [0.25, 0.3) is 0 Å². The summed E-state index contributed by atoms with van der Waals surface area (Å²) in [6.45, 7) is 1.77. The summed E-state index contributed by atoms with van der Waals surface area (Å²) in [6, 6.07) is 0. The Balaban J connectivity index is 1.33. The molecule has 0 aromatic carbocycles. The normalized spacial score (nSPS) is 54.2. The van der Waals surface area contributed by atoms with Gasteiger partial charge in [-0.05, 0) is 74.5 Å². The predicted octanol–water partition coefficient (Wildman–Crippen LogP) is 2.29. The van der Waals surface area contributed by atoms with E-state index in [9.17, 15) is 9.90 Å². The smallest absolute Gasteiger partial charge is 0.226 e. The second kappa shape index (κ2) is 4.47. The third-order valence-electron chi connectivity index (χ3n) is 7.64. The number of amides is 1. The Morgan fingerprint density at radius 2 is 1.52 bits per heavy atom. The summed E-state index contributed by atoms with van der Waals surface area (Å²) >= 11 is 0. The molecule has 5 aliphatic carbocycles. The molecule has 21 heavy (non-hydrogen) atoms. The molecule has 1 aliphatic heterocycles. The van der Waals surface area contributed by atoms with Crippen molar-refractivity contribution in [1.29, 1.82) is 0 Å². The van der Waals surface area contributed by atoms with Crippen molar-refractivity contribution in [3.8, 4) is 0 Å². The van der Waals surface area contributed by atoms with Gasteiger partial charge in [0.1, 0.15) is 0 Å². The van der Waals surface area contributed by atoms with Crippen LogP contribution >= 0.6 is 0 Å². The standard InChI is InChI=1S/C18H27NO2/c20-16-2-1-12-8-19(9-15(12)16)18(21)17-13-4-10-3-11(6-13)7-14(17)5-10/h10-17,20H,1-9H2. The molecule has 116 valence electrons. The van der Waals surface area contributed by atoms with Crippen LogP contribution in [0.1, 0.15) is 44.9 Å². The average molecular weight is 289 g/mol. The van der Waals surface area contributed by atoms with Crippen LogP contribution in [0.15, 0.2) is 0 Å². The molecule has 6 aliphatic rings. The number of carbonyl (C=O) groups is 1. The van der Waals surface area contributed by atoms with Crippen LogP contribution in [0.2, 0.25) is 0 Å². The molecule has 0 aromatic rings. The Labute approximate surface area is 127 Å². The molecule has 0 aromatic heterocycles. The maximum atomic E-state index is 13.1. The molecule has 6 fully saturated rings. The molecule has 3 heteroatoms. The van der Waals surface area contributed by atoms with Crippen molar-refractivity contribution in [3.63, 3.8) is 0 Å². The third kappa shape index (κ3) is 1.85. The van der Waals surface area contributed by atoms with Crippen molar-refractivity contribution >= 4 is 5.91 Å². The summed E-state index contributed by atoms with van der Waals surface area (Å²) in [4.78, 5) is 15.3. The van der Waals surface area contributed by atoms with E-state index in [4.69, 9.17) is 0 Å². The van der Waals surface area contributed by atoms with Crippen LogP contribution in [0.3, 0.4) is 0 Å². The quantitative estimate of drug-likeness (QED) is 0.804. The second-order valence-corrected chi connectivity index (χ2v) is 8.77. The van der Waals surface area contributed by atoms with Gasteiger partial charge >= 0.3 is 0 Å². The summed E-state index contributed by atoms with van der Waals surface area (Å²) < 4.78 is 0. The van der Waals surface area contributed by atoms with E-state index < -0.39 is 0 Å². The minimum atomic E-state index is -0.147. The number of carbonyl (C=O) groups excluding carboxylic acids is 1. The van der Waals surface area contributed by atoms with E-state index in [1.165, 1.54) is 32.1 Å². The van der Waals surface area contributed by atoms with Crippen molar-refractivity contribution < 1.29 is 9.90 Å². The van der Waals surface area contributed by atoms with Crippen LogP contribution in [0, 0.1) is 41.4 Å². The van der Waals surface area contributed by atoms with E-state index in [0.717, 1.165) is 37.8 Å². The number of aliphatic hydroxyl groups is 1. The first-order valence-electron chi connectivity index (χ1n) is 9.16. The highest BCUT2D eigenvalue weighted by Crippen LogP contribution is 2.57. The molecule has 1 saturated heterocycles. The average Bonchev–Trinajstić information content (AvgIpc) is 3.00. The van der Waals surface area contributed by atoms with Crippen molar-refractivity contribution in [3.05, 3.63) is 0 Å². The number of hydrogen-bond donors (Lipinski definition) is 1. The lowest BCUT2D eigenvalue weighted by atomic mass is 9.51. The van der Waals surface area contributed by atoms with Crippen molar-refractivity contribution in [2.75, 3.05) is 13.1 Å². The Hall–Kier alpha value is -0.570. The highest BCUT2D eigenvalue weighted by Gasteiger charge is 2.53. The van der Waals surface area contributed by atoms with Gasteiger partial charge in [-0.1, -0.05) is 0 Å². The van der Waals surface area contributed by atoms with Gasteiger partial charge in [-0.2, -0.15) is 0 Å². The highest BCUT2D eigenvalue weighted by molar-refractivity contribution is 5.80. The summed E-state index contributed by atoms with van der Waals surface area (Å²) in [5.41, 5.74) is 0. The minimum Gasteiger partial charge on any atom is -0.393 e. The Morgan fingerprint density at radius 1 is 0.857 bits per heavy atom. The summed E-state index contributed by atoms with van der Waals surface area (Å²) in [5, 5.41) is 10.1. The molecule has 0 radical (unpaired) electrons. The van der Waals surface area contributed by atoms with Gasteiger partial charge in [0.2, 0.25) is 5.91 Å². The minimum absolute atomic E-state index is 0.147. The van der Waals surface area contributed by atoms with Gasteiger partial charge in [0.05, 0.1) is 6.10 Å². The van der Waals surface area contributed by atoms with Gasteiger partial charge in [0.15, 0.2) is 0 Å². The molecule has 3 atom stereocenters. The van der Waals surface area contributed by atoms with Gasteiger partial charge in [-0.15, -0.1) is 0 Å². The number of aliphatic hydroxyl groups excluding tert-OH is 1. The zero-order chi connectivity index (χ0) is 14.1. The molecular weight excluding hydrogens is 262 g/mol. The fourth-order valence-corrected chi connectivity index (χ4v) is 6.96. The van der Waals surface area contributed by atoms with Gasteiger partial charge in [0, 0.05) is 24.9 Å². The molecular formula is C18H27NO2. The van der Waals surface area contributed by atoms with Crippen LogP contribution < -0.4 is 0 Å². The largest absolute Gasteiger partial charge is 0.393 e. The number of likely N-dealkylation sites (tertiary alicyclic amines) is 1. The zero-order valence-electron chi connectivity index (χ0n) is 12.8. The molecule has 3 unspecified atom stereocenters. The SMILES string of the molecule is O=C(C1C2CC3CC(C2)CC1C3)N1CC2CCC(O)C2C1. The van der Waals surface area contributed by atoms with Crippen LogP contribution in [0.25, 0.3) is 0 Å². The fraction of sp³-hybridized carbons (Fsp3) is 0.944. The van der Waals surface area contributed by atoms with Crippen molar-refractivity contribution in [2.45, 2.75) is 51.0 Å². The topological polar surface area (TPSA) is 40.5 Å². The lowest BCUT2D eigenvalue weighted by molar-refractivity contribution is -0.148. The van der Waals surface area contributed by atoms with Crippen LogP contribution in [0.4, 0.5) is 0 Å². The number of rotatable bonds is 1. The van der Waals surface area contributed by atoms with E-state index in [1.54, 1.807) is 0 Å². The summed E-state index contributed by atoms with van der Waals surface area (Å²) in [5.74, 6) is 5.04. The third-order valence-corrected chi connectivity index (χ3v) is 7.64. The Morgan fingerprint density at radius 3 is 2.14 bits per heavy atom. The van der Waals surface area contributed by atoms with Crippen LogP contribution in [-0.2, 0) is 4.79 Å². The van der Waals surface area contributed by atoms with Crippen LogP contribution in [-0.4, -0.2) is 35.1 Å². The predicted molar refractivity (Wildman–Crippen MR) is 79.3 cm³/mol. The Kier molecular flexibility index (Phi) is 2.75. The Bertz CT molecular complexity index is 434. The van der Waals surface area contributed by atoms with Crippen molar-refractivity contribution in [2.24, 2.45) is 41.4 Å². The molecule has 1 heterocycles. The van der Waals surface area contributed by atoms with Gasteiger partial charge < -0.3 is 10.0 Å². The first kappa shape index (κ1) is 12.9. The molecule has 4 bridgehead atoms. The lowest BCUT2D eigenvalue weighted by Gasteiger charge is -2.54. The van der Waals surface area contributed by atoms with Gasteiger partial charge in [-0.25, -0.2) is 0 Å². The zero-order valence-corrected chi connectivity index (χ0v) is 12.8. The summed E-state index contributed by atoms with van der Waals surface area (Å²) in [7, 11) is 0. The molecule has 3 nitrogen and oxygen atoms in total. The maximum Gasteiger partial charge on any atom is 0.226 e. The number of hydrogen-bond acceptors (Lipinski definition) is 2. The van der Waals surface area contributed by atoms with E-state index in [1.807, 2.05) is 0 Å². The number of nitrogens with zero attached hydrogens (tertiary/aromatic N) is 1. The first-order chi connectivity index (χ1) is 10.2. The highest BCUT2D eigenvalue weighted by atomic mass is 16.3. The molecule has 5 saturated carbocycles. The summed E-state index contributed by atoms with van der Waals surface area (Å²) in [6.07, 6.45) is 8.69. The monoisotopic (exact) mass is 289 g/mol. The van der Waals surface area contributed by atoms with E-state index in [0.29, 0.717) is 35.5 Å². The maximum absolute atomic E-state index is 13.1. The van der Waals surface area contributed by atoms with E-state index in [2.05, 4.69) is 4.90 Å².